The molecule has 0 heterocycles. The van der Waals surface area contributed by atoms with Gasteiger partial charge in [0, 0.05) is 4.83 Å². The summed E-state index contributed by atoms with van der Waals surface area (Å²) in [5, 5.41) is 0. The summed E-state index contributed by atoms with van der Waals surface area (Å²) < 4.78 is 0. The summed E-state index contributed by atoms with van der Waals surface area (Å²) in [4.78, 5) is 0.805. The number of halogens is 1. The molecule has 2 fully saturated rings. The molecular formula is C12H21Br. The predicted octanol–water partition coefficient (Wildman–Crippen LogP) is 4.52. The zero-order valence-corrected chi connectivity index (χ0v) is 10.3. The monoisotopic (exact) mass is 244 g/mol. The number of hydrogen-bond acceptors (Lipinski definition) is 0. The van der Waals surface area contributed by atoms with Crippen LogP contribution in [0.25, 0.3) is 0 Å². The first-order valence-corrected chi connectivity index (χ1v) is 6.84. The Morgan fingerprint density at radius 2 is 1.92 bits per heavy atom. The average molecular weight is 245 g/mol. The van der Waals surface area contributed by atoms with E-state index in [0.717, 1.165) is 16.2 Å². The molecule has 0 aliphatic heterocycles. The second-order valence-corrected chi connectivity index (χ2v) is 6.17. The van der Waals surface area contributed by atoms with E-state index in [1.807, 2.05) is 0 Å². The third kappa shape index (κ3) is 1.69. The fraction of sp³-hybridized carbons (Fsp3) is 1.00. The first kappa shape index (κ1) is 10.0. The van der Waals surface area contributed by atoms with Crippen LogP contribution in [0.1, 0.15) is 58.3 Å². The van der Waals surface area contributed by atoms with Gasteiger partial charge in [-0.2, -0.15) is 0 Å². The summed E-state index contributed by atoms with van der Waals surface area (Å²) in [6, 6.07) is 0. The molecular weight excluding hydrogens is 224 g/mol. The lowest BCUT2D eigenvalue weighted by molar-refractivity contribution is -0.00934. The van der Waals surface area contributed by atoms with Crippen molar-refractivity contribution in [2.45, 2.75) is 63.1 Å². The molecule has 0 aromatic rings. The van der Waals surface area contributed by atoms with Crippen LogP contribution in [0, 0.1) is 11.3 Å². The van der Waals surface area contributed by atoms with Crippen LogP contribution in [-0.4, -0.2) is 4.83 Å². The third-order valence-electron chi connectivity index (χ3n) is 4.42. The van der Waals surface area contributed by atoms with Gasteiger partial charge in [-0.3, -0.25) is 0 Å². The highest BCUT2D eigenvalue weighted by Gasteiger charge is 2.48. The summed E-state index contributed by atoms with van der Waals surface area (Å²) in [7, 11) is 0. The molecule has 0 bridgehead atoms. The molecule has 2 aliphatic rings. The fourth-order valence-electron chi connectivity index (χ4n) is 3.44. The Kier molecular flexibility index (Phi) is 3.02. The van der Waals surface area contributed by atoms with Crippen molar-refractivity contribution in [3.05, 3.63) is 0 Å². The van der Waals surface area contributed by atoms with Gasteiger partial charge in [0.05, 0.1) is 0 Å². The predicted molar refractivity (Wildman–Crippen MR) is 61.2 cm³/mol. The smallest absolute Gasteiger partial charge is 0.0176 e. The molecule has 0 radical (unpaired) electrons. The van der Waals surface area contributed by atoms with Crippen LogP contribution < -0.4 is 0 Å². The van der Waals surface area contributed by atoms with Crippen molar-refractivity contribution in [1.29, 1.82) is 0 Å². The van der Waals surface area contributed by atoms with Gasteiger partial charge in [0.1, 0.15) is 0 Å². The van der Waals surface area contributed by atoms with Gasteiger partial charge in [-0.05, 0) is 43.4 Å². The van der Waals surface area contributed by atoms with E-state index in [9.17, 15) is 0 Å². The molecule has 2 atom stereocenters. The van der Waals surface area contributed by atoms with Crippen molar-refractivity contribution in [3.8, 4) is 0 Å². The molecule has 0 aromatic heterocycles. The lowest BCUT2D eigenvalue weighted by Gasteiger charge is -2.54. The van der Waals surface area contributed by atoms with E-state index in [0.29, 0.717) is 0 Å². The second-order valence-electron chi connectivity index (χ2n) is 4.99. The Labute approximate surface area is 90.6 Å². The van der Waals surface area contributed by atoms with Gasteiger partial charge in [0.25, 0.3) is 0 Å². The van der Waals surface area contributed by atoms with Crippen molar-refractivity contribution in [2.24, 2.45) is 11.3 Å². The normalized spacial score (nSPS) is 34.2. The SMILES string of the molecule is CCC(Br)C1CCC12CCCCC2. The van der Waals surface area contributed by atoms with E-state index >= 15 is 0 Å². The minimum Gasteiger partial charge on any atom is -0.0888 e. The molecule has 2 rings (SSSR count). The first-order chi connectivity index (χ1) is 6.28. The Hall–Kier alpha value is 0.480. The van der Waals surface area contributed by atoms with Gasteiger partial charge < -0.3 is 0 Å². The number of rotatable bonds is 2. The molecule has 2 saturated carbocycles. The van der Waals surface area contributed by atoms with Crippen molar-refractivity contribution in [3.63, 3.8) is 0 Å². The Morgan fingerprint density at radius 3 is 2.38 bits per heavy atom. The highest BCUT2D eigenvalue weighted by molar-refractivity contribution is 9.09. The van der Waals surface area contributed by atoms with E-state index < -0.39 is 0 Å². The largest absolute Gasteiger partial charge is 0.0888 e. The molecule has 76 valence electrons. The van der Waals surface area contributed by atoms with Gasteiger partial charge >= 0.3 is 0 Å². The van der Waals surface area contributed by atoms with E-state index in [1.165, 1.54) is 51.4 Å². The molecule has 0 saturated heterocycles. The van der Waals surface area contributed by atoms with Crippen LogP contribution >= 0.6 is 15.9 Å². The lowest BCUT2D eigenvalue weighted by atomic mass is 9.53. The standard InChI is InChI=1S/C12H21Br/c1-2-11(13)10-6-9-12(10)7-4-3-5-8-12/h10-11H,2-9H2,1H3. The molecule has 0 aromatic carbocycles. The molecule has 2 aliphatic carbocycles. The molecule has 0 nitrogen and oxygen atoms in total. The van der Waals surface area contributed by atoms with Gasteiger partial charge in [-0.15, -0.1) is 0 Å². The van der Waals surface area contributed by atoms with E-state index in [1.54, 1.807) is 0 Å². The topological polar surface area (TPSA) is 0 Å². The van der Waals surface area contributed by atoms with Crippen LogP contribution in [0.5, 0.6) is 0 Å². The average Bonchev–Trinajstić information content (AvgIpc) is 2.17. The van der Waals surface area contributed by atoms with Crippen LogP contribution in [-0.2, 0) is 0 Å². The molecule has 1 spiro atoms. The molecule has 2 unspecified atom stereocenters. The molecule has 0 N–H and O–H groups in total. The zero-order valence-electron chi connectivity index (χ0n) is 8.69. The highest BCUT2D eigenvalue weighted by Crippen LogP contribution is 2.58. The second kappa shape index (κ2) is 3.92. The summed E-state index contributed by atoms with van der Waals surface area (Å²) in [5.41, 5.74) is 0.794. The summed E-state index contributed by atoms with van der Waals surface area (Å²) >= 11 is 3.86. The maximum atomic E-state index is 3.86. The summed E-state index contributed by atoms with van der Waals surface area (Å²) in [5.74, 6) is 1.01. The van der Waals surface area contributed by atoms with Gasteiger partial charge in [0.15, 0.2) is 0 Å². The van der Waals surface area contributed by atoms with Crippen LogP contribution in [0.4, 0.5) is 0 Å². The minimum atomic E-state index is 0.794. The molecule has 13 heavy (non-hydrogen) atoms. The van der Waals surface area contributed by atoms with E-state index in [-0.39, 0.29) is 0 Å². The van der Waals surface area contributed by atoms with Crippen molar-refractivity contribution < 1.29 is 0 Å². The third-order valence-corrected chi connectivity index (χ3v) is 5.70. The Bertz CT molecular complexity index is 170. The summed E-state index contributed by atoms with van der Waals surface area (Å²) in [6.45, 7) is 2.31. The van der Waals surface area contributed by atoms with Crippen molar-refractivity contribution in [1.82, 2.24) is 0 Å². The van der Waals surface area contributed by atoms with Crippen LogP contribution in [0.15, 0.2) is 0 Å². The highest BCUT2D eigenvalue weighted by atomic mass is 79.9. The fourth-order valence-corrected chi connectivity index (χ4v) is 4.27. The van der Waals surface area contributed by atoms with E-state index in [2.05, 4.69) is 22.9 Å². The van der Waals surface area contributed by atoms with Gasteiger partial charge in [0.2, 0.25) is 0 Å². The lowest BCUT2D eigenvalue weighted by Crippen LogP contribution is -2.45. The van der Waals surface area contributed by atoms with Gasteiger partial charge in [-0.1, -0.05) is 42.1 Å². The van der Waals surface area contributed by atoms with Gasteiger partial charge in [-0.25, -0.2) is 0 Å². The zero-order chi connectivity index (χ0) is 9.31. The number of hydrogen-bond donors (Lipinski definition) is 0. The quantitative estimate of drug-likeness (QED) is 0.627. The Balaban J connectivity index is 1.98. The van der Waals surface area contributed by atoms with E-state index in [4.69, 9.17) is 0 Å². The maximum Gasteiger partial charge on any atom is 0.0176 e. The Morgan fingerprint density at radius 1 is 1.23 bits per heavy atom. The maximum absolute atomic E-state index is 3.86. The van der Waals surface area contributed by atoms with Crippen LogP contribution in [0.2, 0.25) is 0 Å². The molecule has 0 amide bonds. The first-order valence-electron chi connectivity index (χ1n) is 5.92. The van der Waals surface area contributed by atoms with Crippen LogP contribution in [0.3, 0.4) is 0 Å². The summed E-state index contributed by atoms with van der Waals surface area (Å²) in [6.07, 6.45) is 11.9. The minimum absolute atomic E-state index is 0.794. The van der Waals surface area contributed by atoms with Crippen molar-refractivity contribution in [2.75, 3.05) is 0 Å². The molecule has 1 heteroatoms. The van der Waals surface area contributed by atoms with Crippen molar-refractivity contribution >= 4 is 15.9 Å². The number of alkyl halides is 1.